The van der Waals surface area contributed by atoms with Crippen LogP contribution in [0.1, 0.15) is 93.6 Å². The van der Waals surface area contributed by atoms with Crippen molar-refractivity contribution in [1.29, 1.82) is 0 Å². The molecule has 1 heterocycles. The van der Waals surface area contributed by atoms with Gasteiger partial charge in [-0.3, -0.25) is 0 Å². The van der Waals surface area contributed by atoms with E-state index >= 15 is 0 Å². The molecule has 0 N–H and O–H groups in total. The quantitative estimate of drug-likeness (QED) is 0.531. The van der Waals surface area contributed by atoms with Crippen molar-refractivity contribution < 1.29 is 4.74 Å². The lowest BCUT2D eigenvalue weighted by molar-refractivity contribution is -0.0958. The van der Waals surface area contributed by atoms with Crippen LogP contribution in [0.15, 0.2) is 30.3 Å². The van der Waals surface area contributed by atoms with E-state index in [1.54, 1.807) is 0 Å². The molecular weight excluding hydrogens is 358 g/mol. The molecule has 1 aliphatic rings. The van der Waals surface area contributed by atoms with E-state index in [9.17, 15) is 5.21 Å². The highest BCUT2D eigenvalue weighted by atomic mass is 16.5. The molecule has 3 heteroatoms. The molecule has 0 saturated carbocycles. The summed E-state index contributed by atoms with van der Waals surface area (Å²) >= 11 is 0. The summed E-state index contributed by atoms with van der Waals surface area (Å²) < 4.78 is 6.79. The van der Waals surface area contributed by atoms with Gasteiger partial charge in [0.2, 0.25) is 0 Å². The molecule has 0 aliphatic carbocycles. The minimum absolute atomic E-state index is 0.0120. The second kappa shape index (κ2) is 8.32. The molecular formula is C26H44NO2-. The average molecular weight is 403 g/mol. The first kappa shape index (κ1) is 24.4. The lowest BCUT2D eigenvalue weighted by atomic mass is 9.67. The fraction of sp³-hybridized carbons (Fsp3) is 0.769. The zero-order valence-electron chi connectivity index (χ0n) is 20.5. The molecule has 0 aromatic heterocycles. The largest absolute Gasteiger partial charge is 0.784 e. The molecule has 166 valence electrons. The molecule has 1 saturated heterocycles. The summed E-state index contributed by atoms with van der Waals surface area (Å²) in [4.78, 5) is 0. The van der Waals surface area contributed by atoms with Crippen LogP contribution in [-0.2, 0) is 4.74 Å². The molecule has 2 atom stereocenters. The zero-order valence-corrected chi connectivity index (χ0v) is 20.5. The van der Waals surface area contributed by atoms with Crippen LogP contribution in [-0.4, -0.2) is 28.9 Å². The van der Waals surface area contributed by atoms with Crippen molar-refractivity contribution in [3.05, 3.63) is 41.1 Å². The van der Waals surface area contributed by atoms with Crippen LogP contribution in [0.2, 0.25) is 0 Å². The summed E-state index contributed by atoms with van der Waals surface area (Å²) in [6, 6.07) is 10.8. The Morgan fingerprint density at radius 3 is 1.83 bits per heavy atom. The second-order valence-electron chi connectivity index (χ2n) is 12.6. The summed E-state index contributed by atoms with van der Waals surface area (Å²) in [5.74, 6) is 0.691. The number of piperidine rings is 1. The van der Waals surface area contributed by atoms with Crippen molar-refractivity contribution in [1.82, 2.24) is 5.06 Å². The van der Waals surface area contributed by atoms with Gasteiger partial charge in [0.1, 0.15) is 0 Å². The molecule has 3 nitrogen and oxygen atoms in total. The van der Waals surface area contributed by atoms with Crippen molar-refractivity contribution in [3.8, 4) is 0 Å². The van der Waals surface area contributed by atoms with Gasteiger partial charge < -0.3 is 15.0 Å². The molecule has 2 unspecified atom stereocenters. The monoisotopic (exact) mass is 402 g/mol. The van der Waals surface area contributed by atoms with Gasteiger partial charge in [-0.15, -0.1) is 0 Å². The number of rotatable bonds is 5. The van der Waals surface area contributed by atoms with Gasteiger partial charge in [-0.05, 0) is 62.8 Å². The van der Waals surface area contributed by atoms with Gasteiger partial charge in [-0.2, -0.15) is 0 Å². The van der Waals surface area contributed by atoms with E-state index in [-0.39, 0.29) is 28.0 Å². The fourth-order valence-corrected chi connectivity index (χ4v) is 5.46. The molecule has 0 spiro atoms. The number of nitrogens with zero attached hydrogens (tertiary/aromatic N) is 1. The lowest BCUT2D eigenvalue weighted by Crippen LogP contribution is -2.58. The van der Waals surface area contributed by atoms with E-state index in [1.807, 2.05) is 0 Å². The van der Waals surface area contributed by atoms with Crippen LogP contribution >= 0.6 is 0 Å². The zero-order chi connectivity index (χ0) is 22.3. The Bertz CT molecular complexity index is 634. The Kier molecular flexibility index (Phi) is 6.99. The third-order valence-corrected chi connectivity index (χ3v) is 6.44. The van der Waals surface area contributed by atoms with Gasteiger partial charge in [0.25, 0.3) is 0 Å². The second-order valence-corrected chi connectivity index (χ2v) is 12.6. The molecule has 2 rings (SSSR count). The Labute approximate surface area is 179 Å². The Balaban J connectivity index is 2.27. The molecule has 1 fully saturated rings. The van der Waals surface area contributed by atoms with Gasteiger partial charge in [-0.1, -0.05) is 71.9 Å². The first-order chi connectivity index (χ1) is 13.1. The minimum Gasteiger partial charge on any atom is -0.784 e. The van der Waals surface area contributed by atoms with E-state index in [1.165, 1.54) is 10.6 Å². The molecule has 0 radical (unpaired) electrons. The number of benzene rings is 1. The Morgan fingerprint density at radius 1 is 0.931 bits per heavy atom. The first-order valence-electron chi connectivity index (χ1n) is 11.2. The van der Waals surface area contributed by atoms with Crippen molar-refractivity contribution in [2.24, 2.45) is 16.7 Å². The van der Waals surface area contributed by atoms with E-state index in [0.29, 0.717) is 18.4 Å². The normalized spacial score (nSPS) is 23.0. The van der Waals surface area contributed by atoms with Crippen LogP contribution < -0.4 is 0 Å². The molecule has 1 aromatic carbocycles. The molecule has 1 aromatic rings. The van der Waals surface area contributed by atoms with Gasteiger partial charge in [0.05, 0.1) is 6.10 Å². The van der Waals surface area contributed by atoms with Gasteiger partial charge >= 0.3 is 0 Å². The summed E-state index contributed by atoms with van der Waals surface area (Å²) in [7, 11) is 0. The van der Waals surface area contributed by atoms with E-state index < -0.39 is 0 Å². The van der Waals surface area contributed by atoms with Crippen molar-refractivity contribution in [3.63, 3.8) is 0 Å². The maximum absolute atomic E-state index is 12.7. The highest BCUT2D eigenvalue weighted by Crippen LogP contribution is 2.46. The van der Waals surface area contributed by atoms with Gasteiger partial charge in [0, 0.05) is 23.6 Å². The summed E-state index contributed by atoms with van der Waals surface area (Å²) in [5, 5.41) is 14.0. The predicted octanol–water partition coefficient (Wildman–Crippen LogP) is 7.01. The first-order valence-corrected chi connectivity index (χ1v) is 11.2. The standard InChI is InChI=1S/C26H44NO2/c1-23(2,3)21(20-14-12-11-13-15-20)22(24(4,5)6)29-18-19-16-25(7,8)27(28)26(9,10)17-19/h11-15,19,21-22H,16-18H2,1-10H3/q-1. The predicted molar refractivity (Wildman–Crippen MR) is 124 cm³/mol. The molecule has 0 bridgehead atoms. The van der Waals surface area contributed by atoms with Crippen LogP contribution in [0.5, 0.6) is 0 Å². The van der Waals surface area contributed by atoms with E-state index in [2.05, 4.69) is 99.6 Å². The SMILES string of the molecule is CC(C)(C)C(OCC1CC(C)(C)N([O-])C(C)(C)C1)C(c1ccccc1)C(C)(C)C. The molecule has 1 aliphatic heterocycles. The van der Waals surface area contributed by atoms with Crippen molar-refractivity contribution >= 4 is 0 Å². The van der Waals surface area contributed by atoms with Gasteiger partial charge in [-0.25, -0.2) is 0 Å². The highest BCUT2D eigenvalue weighted by molar-refractivity contribution is 5.24. The van der Waals surface area contributed by atoms with Crippen LogP contribution in [0.25, 0.3) is 0 Å². The van der Waals surface area contributed by atoms with Crippen LogP contribution in [0.4, 0.5) is 0 Å². The highest BCUT2D eigenvalue weighted by Gasteiger charge is 2.43. The topological polar surface area (TPSA) is 35.5 Å². The Morgan fingerprint density at radius 2 is 1.41 bits per heavy atom. The molecule has 29 heavy (non-hydrogen) atoms. The summed E-state index contributed by atoms with van der Waals surface area (Å²) in [6.45, 7) is 22.8. The number of hydroxylamine groups is 2. The summed E-state index contributed by atoms with van der Waals surface area (Å²) in [6.07, 6.45) is 1.85. The average Bonchev–Trinajstić information content (AvgIpc) is 2.54. The third kappa shape index (κ3) is 5.83. The number of hydrogen-bond donors (Lipinski definition) is 0. The van der Waals surface area contributed by atoms with Crippen LogP contribution in [0.3, 0.4) is 0 Å². The lowest BCUT2D eigenvalue weighted by Gasteiger charge is -2.60. The maximum atomic E-state index is 12.7. The van der Waals surface area contributed by atoms with E-state index in [4.69, 9.17) is 4.74 Å². The van der Waals surface area contributed by atoms with Crippen molar-refractivity contribution in [2.75, 3.05) is 6.61 Å². The van der Waals surface area contributed by atoms with Crippen molar-refractivity contribution in [2.45, 2.75) is 105 Å². The summed E-state index contributed by atoms with van der Waals surface area (Å²) in [5.41, 5.74) is 0.731. The smallest absolute Gasteiger partial charge is 0.0696 e. The molecule has 0 amide bonds. The number of ether oxygens (including phenoxy) is 1. The van der Waals surface area contributed by atoms with Crippen LogP contribution in [0, 0.1) is 22.0 Å². The van der Waals surface area contributed by atoms with E-state index in [0.717, 1.165) is 12.8 Å². The fourth-order valence-electron chi connectivity index (χ4n) is 5.46. The third-order valence-electron chi connectivity index (χ3n) is 6.44. The Hall–Kier alpha value is -0.900. The van der Waals surface area contributed by atoms with Gasteiger partial charge in [0.15, 0.2) is 0 Å². The minimum atomic E-state index is -0.351. The maximum Gasteiger partial charge on any atom is 0.0696 e. The number of hydrogen-bond acceptors (Lipinski definition) is 3.